The average molecular weight is 423 g/mol. The third kappa shape index (κ3) is 4.31. The fourth-order valence-electron chi connectivity index (χ4n) is 3.66. The van der Waals surface area contributed by atoms with Gasteiger partial charge in [-0.25, -0.2) is 9.07 Å². The number of hydrogen-bond donors (Lipinski definition) is 0. The van der Waals surface area contributed by atoms with Gasteiger partial charge in [-0.1, -0.05) is 13.0 Å². The van der Waals surface area contributed by atoms with E-state index in [1.165, 1.54) is 28.9 Å². The maximum Gasteiger partial charge on any atom is 0.272 e. The van der Waals surface area contributed by atoms with Gasteiger partial charge >= 0.3 is 0 Å². The summed E-state index contributed by atoms with van der Waals surface area (Å²) in [7, 11) is 0. The summed E-state index contributed by atoms with van der Waals surface area (Å²) in [6, 6.07) is 13.5. The van der Waals surface area contributed by atoms with Crippen molar-refractivity contribution in [3.63, 3.8) is 0 Å². The summed E-state index contributed by atoms with van der Waals surface area (Å²) in [5, 5.41) is 15.8. The molecule has 1 fully saturated rings. The van der Waals surface area contributed by atoms with Crippen LogP contribution in [0.2, 0.25) is 0 Å². The molecule has 1 saturated heterocycles. The highest BCUT2D eigenvalue weighted by molar-refractivity contribution is 5.94. The fraction of sp³-hybridized carbons (Fsp3) is 0.273. The van der Waals surface area contributed by atoms with Crippen LogP contribution in [0, 0.1) is 15.9 Å². The van der Waals surface area contributed by atoms with Gasteiger partial charge in [0.15, 0.2) is 0 Å². The first-order valence-corrected chi connectivity index (χ1v) is 10.1. The van der Waals surface area contributed by atoms with Gasteiger partial charge in [-0.3, -0.25) is 14.9 Å². The Morgan fingerprint density at radius 1 is 1.10 bits per heavy atom. The maximum absolute atomic E-state index is 13.4. The number of nitro groups is 1. The number of non-ortho nitro benzene ring substituents is 1. The molecule has 9 heteroatoms. The Labute approximate surface area is 178 Å². The molecule has 0 spiro atoms. The molecule has 1 aliphatic heterocycles. The predicted molar refractivity (Wildman–Crippen MR) is 114 cm³/mol. The lowest BCUT2D eigenvalue weighted by Gasteiger charge is -2.34. The lowest BCUT2D eigenvalue weighted by Crippen LogP contribution is -2.48. The first-order valence-electron chi connectivity index (χ1n) is 10.1. The molecule has 2 aromatic carbocycles. The number of nitro benzene ring substituents is 1. The molecule has 0 saturated carbocycles. The molecular weight excluding hydrogens is 401 g/mol. The zero-order chi connectivity index (χ0) is 22.0. The molecule has 3 aromatic rings. The van der Waals surface area contributed by atoms with Gasteiger partial charge in [-0.15, -0.1) is 0 Å². The van der Waals surface area contributed by atoms with Gasteiger partial charge in [-0.2, -0.15) is 5.10 Å². The number of carbonyl (C=O) groups is 1. The van der Waals surface area contributed by atoms with Crippen LogP contribution in [0.4, 0.5) is 10.1 Å². The normalized spacial score (nSPS) is 14.6. The van der Waals surface area contributed by atoms with Gasteiger partial charge in [0, 0.05) is 43.9 Å². The molecule has 0 aliphatic carbocycles. The molecule has 160 valence electrons. The molecular formula is C22H22FN5O3. The van der Waals surface area contributed by atoms with Crippen LogP contribution in [0.1, 0.15) is 17.4 Å². The smallest absolute Gasteiger partial charge is 0.272 e. The van der Waals surface area contributed by atoms with Gasteiger partial charge in [-0.05, 0) is 42.9 Å². The summed E-state index contributed by atoms with van der Waals surface area (Å²) in [4.78, 5) is 28.1. The Hall–Kier alpha value is -3.59. The lowest BCUT2D eigenvalue weighted by atomic mass is 10.1. The minimum atomic E-state index is -0.487. The maximum atomic E-state index is 13.4. The molecule has 0 unspecified atom stereocenters. The second-order valence-corrected chi connectivity index (χ2v) is 7.34. The van der Waals surface area contributed by atoms with E-state index in [9.17, 15) is 19.3 Å². The molecule has 31 heavy (non-hydrogen) atoms. The van der Waals surface area contributed by atoms with Crippen LogP contribution >= 0.6 is 0 Å². The van der Waals surface area contributed by atoms with Gasteiger partial charge in [0.2, 0.25) is 0 Å². The lowest BCUT2D eigenvalue weighted by molar-refractivity contribution is -0.384. The Morgan fingerprint density at radius 3 is 2.45 bits per heavy atom. The highest BCUT2D eigenvalue weighted by Gasteiger charge is 2.26. The van der Waals surface area contributed by atoms with Crippen LogP contribution in [-0.4, -0.2) is 63.1 Å². The highest BCUT2D eigenvalue weighted by atomic mass is 19.1. The van der Waals surface area contributed by atoms with Crippen molar-refractivity contribution < 1.29 is 14.1 Å². The summed E-state index contributed by atoms with van der Waals surface area (Å²) in [5.74, 6) is -0.560. The molecule has 1 aromatic heterocycles. The number of piperazine rings is 1. The molecule has 4 rings (SSSR count). The molecule has 1 amide bonds. The zero-order valence-electron chi connectivity index (χ0n) is 17.1. The quantitative estimate of drug-likeness (QED) is 0.464. The number of likely N-dealkylation sites (N-methyl/N-ethyl adjacent to an activating group) is 1. The number of benzene rings is 2. The standard InChI is InChI=1S/C22H22FN5O3/c1-2-25-10-12-26(13-11-25)22(29)21-15-20(16-6-8-17(23)9-7-16)24-27(21)18-4-3-5-19(14-18)28(30)31/h3-9,14-15H,2,10-13H2,1H3. The average Bonchev–Trinajstić information content (AvgIpc) is 3.24. The van der Waals surface area contributed by atoms with Gasteiger partial charge in [0.1, 0.15) is 11.5 Å². The molecule has 0 atom stereocenters. The number of carbonyl (C=O) groups excluding carboxylic acids is 1. The minimum absolute atomic E-state index is 0.0914. The van der Waals surface area contributed by atoms with Crippen LogP contribution in [0.5, 0.6) is 0 Å². The number of amides is 1. The first kappa shape index (κ1) is 20.7. The van der Waals surface area contributed by atoms with Crippen molar-refractivity contribution in [1.29, 1.82) is 0 Å². The van der Waals surface area contributed by atoms with Crippen LogP contribution in [0.25, 0.3) is 16.9 Å². The van der Waals surface area contributed by atoms with Crippen molar-refractivity contribution >= 4 is 11.6 Å². The van der Waals surface area contributed by atoms with Crippen LogP contribution in [-0.2, 0) is 0 Å². The van der Waals surface area contributed by atoms with E-state index in [2.05, 4.69) is 16.9 Å². The molecule has 2 heterocycles. The summed E-state index contributed by atoms with van der Waals surface area (Å²) in [6.45, 7) is 5.79. The van der Waals surface area contributed by atoms with E-state index < -0.39 is 4.92 Å². The number of hydrogen-bond acceptors (Lipinski definition) is 5. The van der Waals surface area contributed by atoms with E-state index in [1.807, 2.05) is 0 Å². The highest BCUT2D eigenvalue weighted by Crippen LogP contribution is 2.25. The largest absolute Gasteiger partial charge is 0.335 e. The Morgan fingerprint density at radius 2 is 1.81 bits per heavy atom. The van der Waals surface area contributed by atoms with Crippen molar-refractivity contribution in [3.8, 4) is 16.9 Å². The number of nitrogens with zero attached hydrogens (tertiary/aromatic N) is 5. The van der Waals surface area contributed by atoms with Crippen LogP contribution in [0.15, 0.2) is 54.6 Å². The van der Waals surface area contributed by atoms with E-state index >= 15 is 0 Å². The van der Waals surface area contributed by atoms with E-state index in [0.717, 1.165) is 19.6 Å². The molecule has 0 bridgehead atoms. The van der Waals surface area contributed by atoms with Gasteiger partial charge in [0.05, 0.1) is 16.3 Å². The van der Waals surface area contributed by atoms with Crippen molar-refractivity contribution in [2.75, 3.05) is 32.7 Å². The fourth-order valence-corrected chi connectivity index (χ4v) is 3.66. The Balaban J connectivity index is 1.75. The number of aromatic nitrogens is 2. The summed E-state index contributed by atoms with van der Waals surface area (Å²) in [6.07, 6.45) is 0. The Bertz CT molecular complexity index is 1100. The number of rotatable bonds is 5. The van der Waals surface area contributed by atoms with Crippen LogP contribution < -0.4 is 0 Å². The van der Waals surface area contributed by atoms with E-state index in [0.29, 0.717) is 35.7 Å². The molecule has 8 nitrogen and oxygen atoms in total. The van der Waals surface area contributed by atoms with Gasteiger partial charge < -0.3 is 9.80 Å². The first-order chi connectivity index (χ1) is 15.0. The SMILES string of the molecule is CCN1CCN(C(=O)c2cc(-c3ccc(F)cc3)nn2-c2cccc([N+](=O)[O-])c2)CC1. The third-order valence-corrected chi connectivity index (χ3v) is 5.46. The number of halogens is 1. The summed E-state index contributed by atoms with van der Waals surface area (Å²) < 4.78 is 14.8. The van der Waals surface area contributed by atoms with E-state index in [-0.39, 0.29) is 17.4 Å². The molecule has 0 radical (unpaired) electrons. The van der Waals surface area contributed by atoms with Crippen molar-refractivity contribution in [3.05, 3.63) is 76.2 Å². The van der Waals surface area contributed by atoms with Gasteiger partial charge in [0.25, 0.3) is 11.6 Å². The molecule has 0 N–H and O–H groups in total. The topological polar surface area (TPSA) is 84.5 Å². The summed E-state index contributed by atoms with van der Waals surface area (Å²) in [5.41, 5.74) is 1.77. The van der Waals surface area contributed by atoms with Crippen molar-refractivity contribution in [1.82, 2.24) is 19.6 Å². The zero-order valence-corrected chi connectivity index (χ0v) is 17.1. The summed E-state index contributed by atoms with van der Waals surface area (Å²) >= 11 is 0. The van der Waals surface area contributed by atoms with E-state index in [1.54, 1.807) is 35.2 Å². The van der Waals surface area contributed by atoms with Crippen molar-refractivity contribution in [2.24, 2.45) is 0 Å². The third-order valence-electron chi connectivity index (χ3n) is 5.46. The molecule has 1 aliphatic rings. The second-order valence-electron chi connectivity index (χ2n) is 7.34. The van der Waals surface area contributed by atoms with Crippen LogP contribution in [0.3, 0.4) is 0 Å². The predicted octanol–water partition coefficient (Wildman–Crippen LogP) is 3.36. The second kappa shape index (κ2) is 8.65. The minimum Gasteiger partial charge on any atom is -0.335 e. The van der Waals surface area contributed by atoms with E-state index in [4.69, 9.17) is 0 Å². The Kier molecular flexibility index (Phi) is 5.77. The monoisotopic (exact) mass is 423 g/mol. The van der Waals surface area contributed by atoms with Crippen molar-refractivity contribution in [2.45, 2.75) is 6.92 Å².